The lowest BCUT2D eigenvalue weighted by Gasteiger charge is -2.16. The van der Waals surface area contributed by atoms with Gasteiger partial charge < -0.3 is 10.5 Å². The second-order valence-corrected chi connectivity index (χ2v) is 5.85. The third-order valence-corrected chi connectivity index (χ3v) is 3.90. The number of benzene rings is 1. The summed E-state index contributed by atoms with van der Waals surface area (Å²) < 4.78 is 6.99. The third kappa shape index (κ3) is 3.46. The molecule has 1 saturated carbocycles. The summed E-state index contributed by atoms with van der Waals surface area (Å²) in [6.07, 6.45) is 5.33. The van der Waals surface area contributed by atoms with E-state index in [2.05, 4.69) is 22.0 Å². The van der Waals surface area contributed by atoms with Gasteiger partial charge in [0.2, 0.25) is 0 Å². The van der Waals surface area contributed by atoms with Gasteiger partial charge in [0.25, 0.3) is 0 Å². The Morgan fingerprint density at radius 2 is 2.12 bits per heavy atom. The number of hydrogen-bond donors (Lipinski definition) is 1. The number of ether oxygens (including phenoxy) is 1. The Hall–Kier alpha value is -0.540. The topological polar surface area (TPSA) is 35.2 Å². The zero-order valence-corrected chi connectivity index (χ0v) is 11.9. The number of rotatable bonds is 4. The Morgan fingerprint density at radius 1 is 1.41 bits per heavy atom. The van der Waals surface area contributed by atoms with Crippen LogP contribution in [-0.4, -0.2) is 6.61 Å². The van der Waals surface area contributed by atoms with Crippen LogP contribution in [0.15, 0.2) is 22.7 Å². The van der Waals surface area contributed by atoms with Crippen LogP contribution in [0.25, 0.3) is 0 Å². The summed E-state index contributed by atoms with van der Waals surface area (Å²) in [7, 11) is 0. The van der Waals surface area contributed by atoms with Gasteiger partial charge in [-0.3, -0.25) is 0 Å². The molecule has 0 aromatic heterocycles. The summed E-state index contributed by atoms with van der Waals surface area (Å²) >= 11 is 3.47. The van der Waals surface area contributed by atoms with Crippen molar-refractivity contribution in [2.45, 2.75) is 38.6 Å². The second-order valence-electron chi connectivity index (χ2n) is 4.93. The molecule has 0 amide bonds. The predicted molar refractivity (Wildman–Crippen MR) is 74.2 cm³/mol. The molecule has 0 spiro atoms. The molecule has 1 unspecified atom stereocenters. The first kappa shape index (κ1) is 12.9. The largest absolute Gasteiger partial charge is 0.493 e. The fourth-order valence-electron chi connectivity index (χ4n) is 2.39. The van der Waals surface area contributed by atoms with Gasteiger partial charge in [-0.05, 0) is 43.9 Å². The van der Waals surface area contributed by atoms with E-state index in [1.165, 1.54) is 25.7 Å². The second kappa shape index (κ2) is 5.87. The first-order chi connectivity index (χ1) is 8.16. The zero-order valence-electron chi connectivity index (χ0n) is 10.3. The fraction of sp³-hybridized carbons (Fsp3) is 0.571. The molecule has 2 rings (SSSR count). The van der Waals surface area contributed by atoms with Crippen molar-refractivity contribution in [3.63, 3.8) is 0 Å². The van der Waals surface area contributed by atoms with Gasteiger partial charge in [0, 0.05) is 16.1 Å². The molecule has 1 atom stereocenters. The summed E-state index contributed by atoms with van der Waals surface area (Å²) in [4.78, 5) is 0. The average molecular weight is 298 g/mol. The average Bonchev–Trinajstić information content (AvgIpc) is 2.80. The maximum absolute atomic E-state index is 5.97. The van der Waals surface area contributed by atoms with Crippen molar-refractivity contribution >= 4 is 15.9 Å². The van der Waals surface area contributed by atoms with E-state index < -0.39 is 0 Å². The molecule has 0 saturated heterocycles. The Balaban J connectivity index is 2.03. The molecule has 0 heterocycles. The van der Waals surface area contributed by atoms with Crippen LogP contribution >= 0.6 is 15.9 Å². The van der Waals surface area contributed by atoms with Crippen molar-refractivity contribution in [1.29, 1.82) is 0 Å². The highest BCUT2D eigenvalue weighted by Gasteiger charge is 2.17. The summed E-state index contributed by atoms with van der Waals surface area (Å²) in [5.41, 5.74) is 7.05. The zero-order chi connectivity index (χ0) is 12.3. The van der Waals surface area contributed by atoms with Crippen LogP contribution in [-0.2, 0) is 0 Å². The molecule has 2 N–H and O–H groups in total. The van der Waals surface area contributed by atoms with Gasteiger partial charge in [-0.15, -0.1) is 0 Å². The van der Waals surface area contributed by atoms with Crippen LogP contribution in [0.1, 0.15) is 44.2 Å². The Bertz CT molecular complexity index is 372. The van der Waals surface area contributed by atoms with Crippen LogP contribution < -0.4 is 10.5 Å². The Labute approximate surface area is 112 Å². The van der Waals surface area contributed by atoms with Crippen molar-refractivity contribution in [2.24, 2.45) is 11.7 Å². The fourth-order valence-corrected chi connectivity index (χ4v) is 2.77. The van der Waals surface area contributed by atoms with Gasteiger partial charge in [-0.2, -0.15) is 0 Å². The van der Waals surface area contributed by atoms with Crippen molar-refractivity contribution in [1.82, 2.24) is 0 Å². The quantitative estimate of drug-likeness (QED) is 0.910. The molecule has 0 aliphatic heterocycles. The monoisotopic (exact) mass is 297 g/mol. The lowest BCUT2D eigenvalue weighted by molar-refractivity contribution is 0.249. The minimum absolute atomic E-state index is 0.00563. The highest BCUT2D eigenvalue weighted by molar-refractivity contribution is 9.10. The normalized spacial score (nSPS) is 18.3. The van der Waals surface area contributed by atoms with Gasteiger partial charge in [0.1, 0.15) is 5.75 Å². The lowest BCUT2D eigenvalue weighted by Crippen LogP contribution is -2.12. The van der Waals surface area contributed by atoms with Gasteiger partial charge in [0.05, 0.1) is 6.61 Å². The van der Waals surface area contributed by atoms with E-state index in [4.69, 9.17) is 10.5 Å². The molecule has 0 bridgehead atoms. The summed E-state index contributed by atoms with van der Waals surface area (Å²) in [6, 6.07) is 6.08. The van der Waals surface area contributed by atoms with Crippen molar-refractivity contribution < 1.29 is 4.74 Å². The minimum Gasteiger partial charge on any atom is -0.493 e. The van der Waals surface area contributed by atoms with Crippen LogP contribution in [0.4, 0.5) is 0 Å². The predicted octanol–water partition coefficient (Wildman–Crippen LogP) is 4.04. The van der Waals surface area contributed by atoms with Crippen LogP contribution in [0, 0.1) is 5.92 Å². The SMILES string of the molecule is CC(N)c1cc(Br)ccc1OCC1CCCC1. The molecule has 1 aromatic rings. The smallest absolute Gasteiger partial charge is 0.124 e. The molecule has 0 radical (unpaired) electrons. The maximum Gasteiger partial charge on any atom is 0.124 e. The van der Waals surface area contributed by atoms with Gasteiger partial charge in [-0.1, -0.05) is 28.8 Å². The molecule has 3 heteroatoms. The first-order valence-electron chi connectivity index (χ1n) is 6.34. The van der Waals surface area contributed by atoms with E-state index in [1.807, 2.05) is 19.1 Å². The third-order valence-electron chi connectivity index (χ3n) is 3.41. The van der Waals surface area contributed by atoms with Gasteiger partial charge in [-0.25, -0.2) is 0 Å². The molecule has 2 nitrogen and oxygen atoms in total. The number of nitrogens with two attached hydrogens (primary N) is 1. The van der Waals surface area contributed by atoms with Crippen molar-refractivity contribution in [3.05, 3.63) is 28.2 Å². The molecule has 17 heavy (non-hydrogen) atoms. The molecule has 1 aliphatic rings. The van der Waals surface area contributed by atoms with E-state index in [-0.39, 0.29) is 6.04 Å². The van der Waals surface area contributed by atoms with Gasteiger partial charge >= 0.3 is 0 Å². The van der Waals surface area contributed by atoms with Crippen molar-refractivity contribution in [2.75, 3.05) is 6.61 Å². The van der Waals surface area contributed by atoms with E-state index in [0.717, 1.165) is 28.3 Å². The lowest BCUT2D eigenvalue weighted by atomic mass is 10.1. The number of halogens is 1. The molecule has 94 valence electrons. The standard InChI is InChI=1S/C14H20BrNO/c1-10(16)13-8-12(15)6-7-14(13)17-9-11-4-2-3-5-11/h6-8,10-11H,2-5,9,16H2,1H3. The summed E-state index contributed by atoms with van der Waals surface area (Å²) in [5.74, 6) is 1.68. The van der Waals surface area contributed by atoms with E-state index in [0.29, 0.717) is 0 Å². The van der Waals surface area contributed by atoms with E-state index >= 15 is 0 Å². The Kier molecular flexibility index (Phi) is 4.46. The van der Waals surface area contributed by atoms with Crippen molar-refractivity contribution in [3.8, 4) is 5.75 Å². The van der Waals surface area contributed by atoms with Gasteiger partial charge in [0.15, 0.2) is 0 Å². The molecule has 1 aliphatic carbocycles. The maximum atomic E-state index is 5.97. The highest BCUT2D eigenvalue weighted by Crippen LogP contribution is 2.30. The molecular formula is C14H20BrNO. The number of hydrogen-bond acceptors (Lipinski definition) is 2. The first-order valence-corrected chi connectivity index (χ1v) is 7.14. The molecule has 1 fully saturated rings. The highest BCUT2D eigenvalue weighted by atomic mass is 79.9. The van der Waals surface area contributed by atoms with E-state index in [9.17, 15) is 0 Å². The summed E-state index contributed by atoms with van der Waals surface area (Å²) in [5, 5.41) is 0. The minimum atomic E-state index is 0.00563. The molecular weight excluding hydrogens is 278 g/mol. The summed E-state index contributed by atoms with van der Waals surface area (Å²) in [6.45, 7) is 2.82. The van der Waals surface area contributed by atoms with Crippen LogP contribution in [0.5, 0.6) is 5.75 Å². The van der Waals surface area contributed by atoms with Crippen LogP contribution in [0.2, 0.25) is 0 Å². The Morgan fingerprint density at radius 3 is 2.76 bits per heavy atom. The van der Waals surface area contributed by atoms with E-state index in [1.54, 1.807) is 0 Å². The molecule has 1 aromatic carbocycles. The van der Waals surface area contributed by atoms with Crippen LogP contribution in [0.3, 0.4) is 0 Å².